The van der Waals surface area contributed by atoms with Crippen molar-refractivity contribution in [1.82, 2.24) is 0 Å². The van der Waals surface area contributed by atoms with Gasteiger partial charge in [-0.05, 0) is 104 Å². The first-order valence-electron chi connectivity index (χ1n) is 17.4. The lowest BCUT2D eigenvalue weighted by Crippen LogP contribution is -1.92. The van der Waals surface area contributed by atoms with Crippen molar-refractivity contribution >= 4 is 53.9 Å². The van der Waals surface area contributed by atoms with Crippen LogP contribution in [0.3, 0.4) is 0 Å². The van der Waals surface area contributed by atoms with Gasteiger partial charge in [-0.3, -0.25) is 0 Å². The summed E-state index contributed by atoms with van der Waals surface area (Å²) < 4.78 is 0. The molecule has 0 nitrogen and oxygen atoms in total. The van der Waals surface area contributed by atoms with Crippen molar-refractivity contribution < 1.29 is 0 Å². The molecule has 232 valence electrons. The zero-order valence-corrected chi connectivity index (χ0v) is 27.5. The van der Waals surface area contributed by atoms with Gasteiger partial charge in [0.25, 0.3) is 0 Å². The maximum Gasteiger partial charge on any atom is -0.00201 e. The van der Waals surface area contributed by atoms with Gasteiger partial charge in [0.05, 0.1) is 0 Å². The monoisotopic (exact) mass is 632 g/mol. The molecule has 0 aliphatic carbocycles. The molecule has 0 bridgehead atoms. The van der Waals surface area contributed by atoms with Crippen LogP contribution in [0.25, 0.3) is 98.4 Å². The summed E-state index contributed by atoms with van der Waals surface area (Å²) in [6, 6.07) is 71.3. The van der Waals surface area contributed by atoms with Crippen LogP contribution in [-0.4, -0.2) is 0 Å². The Hall–Kier alpha value is -6.50. The number of hydrogen-bond acceptors (Lipinski definition) is 0. The first kappa shape index (κ1) is 28.5. The van der Waals surface area contributed by atoms with Gasteiger partial charge in [0.15, 0.2) is 0 Å². The molecule has 0 saturated carbocycles. The summed E-state index contributed by atoms with van der Waals surface area (Å²) >= 11 is 0. The summed E-state index contributed by atoms with van der Waals surface area (Å²) in [6.45, 7) is 0. The first-order valence-corrected chi connectivity index (χ1v) is 17.4. The smallest absolute Gasteiger partial charge is 0.00201 e. The molecule has 0 unspecified atom stereocenters. The van der Waals surface area contributed by atoms with Gasteiger partial charge in [0.1, 0.15) is 0 Å². The van der Waals surface area contributed by atoms with Gasteiger partial charge in [-0.2, -0.15) is 0 Å². The van der Waals surface area contributed by atoms with E-state index in [9.17, 15) is 0 Å². The Bertz CT molecular complexity index is 2850. The summed E-state index contributed by atoms with van der Waals surface area (Å²) in [5.74, 6) is 0. The van der Waals surface area contributed by atoms with Gasteiger partial charge in [0, 0.05) is 0 Å². The van der Waals surface area contributed by atoms with Gasteiger partial charge in [0.2, 0.25) is 0 Å². The second-order valence-corrected chi connectivity index (χ2v) is 13.2. The highest BCUT2D eigenvalue weighted by molar-refractivity contribution is 6.24. The number of hydrogen-bond donors (Lipinski definition) is 0. The Labute approximate surface area is 291 Å². The number of benzene rings is 10. The minimum atomic E-state index is 1.23. The highest BCUT2D eigenvalue weighted by Crippen LogP contribution is 2.46. The van der Waals surface area contributed by atoms with Crippen LogP contribution in [0.2, 0.25) is 0 Å². The van der Waals surface area contributed by atoms with Gasteiger partial charge < -0.3 is 0 Å². The molecule has 10 aromatic carbocycles. The van der Waals surface area contributed by atoms with Crippen molar-refractivity contribution in [2.45, 2.75) is 0 Å². The molecule has 0 aliphatic heterocycles. The summed E-state index contributed by atoms with van der Waals surface area (Å²) in [6.07, 6.45) is 0. The van der Waals surface area contributed by atoms with Crippen molar-refractivity contribution in [3.63, 3.8) is 0 Å². The Balaban J connectivity index is 1.18. The highest BCUT2D eigenvalue weighted by atomic mass is 14.2. The van der Waals surface area contributed by atoms with E-state index >= 15 is 0 Å². The fraction of sp³-hybridized carbons (Fsp3) is 0. The van der Waals surface area contributed by atoms with Crippen LogP contribution >= 0.6 is 0 Å². The molecule has 0 heterocycles. The topological polar surface area (TPSA) is 0 Å². The van der Waals surface area contributed by atoms with E-state index in [1.165, 1.54) is 98.4 Å². The van der Waals surface area contributed by atoms with Gasteiger partial charge in [-0.1, -0.05) is 188 Å². The Morgan fingerprint density at radius 3 is 1.32 bits per heavy atom. The van der Waals surface area contributed by atoms with Crippen molar-refractivity contribution in [1.29, 1.82) is 0 Å². The normalized spacial score (nSPS) is 11.6. The molecule has 0 heteroatoms. The Kier molecular flexibility index (Phi) is 6.60. The molecular formula is C50H32. The lowest BCUT2D eigenvalue weighted by Gasteiger charge is -2.20. The molecule has 0 aromatic heterocycles. The van der Waals surface area contributed by atoms with Gasteiger partial charge in [-0.15, -0.1) is 0 Å². The van der Waals surface area contributed by atoms with Crippen LogP contribution in [0.1, 0.15) is 0 Å². The van der Waals surface area contributed by atoms with E-state index in [1.54, 1.807) is 0 Å². The van der Waals surface area contributed by atoms with Crippen LogP contribution in [0.4, 0.5) is 0 Å². The first-order chi connectivity index (χ1) is 24.8. The predicted octanol–water partition coefficient (Wildman–Crippen LogP) is 14.1. The molecule has 0 aliphatic rings. The predicted molar refractivity (Wildman–Crippen MR) is 216 cm³/mol. The minimum Gasteiger partial charge on any atom is -0.0616 e. The quantitative estimate of drug-likeness (QED) is 0.169. The van der Waals surface area contributed by atoms with Crippen molar-refractivity contribution in [2.24, 2.45) is 0 Å². The lowest BCUT2D eigenvalue weighted by molar-refractivity contribution is 1.63. The fourth-order valence-electron chi connectivity index (χ4n) is 8.15. The van der Waals surface area contributed by atoms with Crippen LogP contribution in [0, 0.1) is 0 Å². The molecule has 0 saturated heterocycles. The molecule has 10 aromatic rings. The van der Waals surface area contributed by atoms with E-state index in [1.807, 2.05) is 0 Å². The summed E-state index contributed by atoms with van der Waals surface area (Å²) in [5, 5.41) is 12.7. The lowest BCUT2D eigenvalue weighted by atomic mass is 9.83. The van der Waals surface area contributed by atoms with E-state index in [-0.39, 0.29) is 0 Å². The second kappa shape index (κ2) is 11.6. The molecule has 0 N–H and O–H groups in total. The molecule has 0 radical (unpaired) electrons. The minimum absolute atomic E-state index is 1.23. The molecule has 0 amide bonds. The van der Waals surface area contributed by atoms with Crippen molar-refractivity contribution in [3.8, 4) is 44.5 Å². The molecule has 10 rings (SSSR count). The molecule has 0 fully saturated rings. The average Bonchev–Trinajstić information content (AvgIpc) is 3.19. The SMILES string of the molecule is c1ccc2cc(-c3ccc(-c4c5ccccc5c(-c5ccc(-c6cccc7ccccc67)cc5)c5ccccc45)c4ccccc34)ccc2c1. The zero-order chi connectivity index (χ0) is 33.0. The molecule has 50 heavy (non-hydrogen) atoms. The Morgan fingerprint density at radius 1 is 0.200 bits per heavy atom. The summed E-state index contributed by atoms with van der Waals surface area (Å²) in [5.41, 5.74) is 10.0. The summed E-state index contributed by atoms with van der Waals surface area (Å²) in [7, 11) is 0. The average molecular weight is 633 g/mol. The number of rotatable bonds is 4. The van der Waals surface area contributed by atoms with Crippen LogP contribution in [-0.2, 0) is 0 Å². The third kappa shape index (κ3) is 4.54. The number of fused-ring (bicyclic) bond motifs is 5. The third-order valence-corrected chi connectivity index (χ3v) is 10.5. The van der Waals surface area contributed by atoms with E-state index in [4.69, 9.17) is 0 Å². The van der Waals surface area contributed by atoms with Crippen molar-refractivity contribution in [2.75, 3.05) is 0 Å². The third-order valence-electron chi connectivity index (χ3n) is 10.5. The standard InChI is InChI=1S/C50H32/c1-2-14-37-32-38(29-24-33(37)12-1)41-30-31-48(43-18-6-5-17-42(41)43)50-46-21-9-7-19-44(46)49(45-20-8-10-22-47(45)50)36-27-25-35(26-28-36)40-23-11-15-34-13-3-4-16-39(34)40/h1-32H. The van der Waals surface area contributed by atoms with Gasteiger partial charge in [-0.25, -0.2) is 0 Å². The molecule has 0 atom stereocenters. The van der Waals surface area contributed by atoms with Crippen LogP contribution in [0.15, 0.2) is 194 Å². The maximum absolute atomic E-state index is 2.35. The zero-order valence-electron chi connectivity index (χ0n) is 27.5. The highest BCUT2D eigenvalue weighted by Gasteiger charge is 2.19. The van der Waals surface area contributed by atoms with E-state index in [0.717, 1.165) is 0 Å². The van der Waals surface area contributed by atoms with Crippen LogP contribution in [0.5, 0.6) is 0 Å². The van der Waals surface area contributed by atoms with E-state index in [0.29, 0.717) is 0 Å². The molecule has 0 spiro atoms. The van der Waals surface area contributed by atoms with E-state index < -0.39 is 0 Å². The molecular weight excluding hydrogens is 601 g/mol. The largest absolute Gasteiger partial charge is 0.0616 e. The van der Waals surface area contributed by atoms with Crippen LogP contribution < -0.4 is 0 Å². The van der Waals surface area contributed by atoms with E-state index in [2.05, 4.69) is 194 Å². The van der Waals surface area contributed by atoms with Crippen molar-refractivity contribution in [3.05, 3.63) is 194 Å². The van der Waals surface area contributed by atoms with Gasteiger partial charge >= 0.3 is 0 Å². The maximum atomic E-state index is 2.35. The summed E-state index contributed by atoms with van der Waals surface area (Å²) in [4.78, 5) is 0. The Morgan fingerprint density at radius 2 is 0.640 bits per heavy atom. The fourth-order valence-corrected chi connectivity index (χ4v) is 8.15. The second-order valence-electron chi connectivity index (χ2n) is 13.2.